The maximum atomic E-state index is 12.2. The van der Waals surface area contributed by atoms with E-state index in [4.69, 9.17) is 5.73 Å². The summed E-state index contributed by atoms with van der Waals surface area (Å²) in [5, 5.41) is 4.21. The van der Waals surface area contributed by atoms with Crippen LogP contribution in [0.25, 0.3) is 0 Å². The number of nitrogens with two attached hydrogens (primary N) is 1. The molecule has 0 radical (unpaired) electrons. The van der Waals surface area contributed by atoms with E-state index in [1.54, 1.807) is 6.20 Å². The molecule has 6 heteroatoms. The Labute approximate surface area is 131 Å². The van der Waals surface area contributed by atoms with Crippen molar-refractivity contribution in [2.24, 2.45) is 0 Å². The lowest BCUT2D eigenvalue weighted by molar-refractivity contribution is 0.607. The van der Waals surface area contributed by atoms with E-state index in [1.807, 2.05) is 19.1 Å². The van der Waals surface area contributed by atoms with Crippen molar-refractivity contribution >= 4 is 27.3 Å². The third-order valence-corrected chi connectivity index (χ3v) is 4.65. The van der Waals surface area contributed by atoms with E-state index in [9.17, 15) is 4.79 Å². The molecule has 21 heavy (non-hydrogen) atoms. The Bertz CT molecular complexity index is 741. The molecular weight excluding hydrogens is 332 g/mol. The monoisotopic (exact) mass is 348 g/mol. The Hall–Kier alpha value is -1.82. The first-order valence-electron chi connectivity index (χ1n) is 6.98. The quantitative estimate of drug-likeness (QED) is 0.844. The van der Waals surface area contributed by atoms with Gasteiger partial charge in [0, 0.05) is 25.3 Å². The van der Waals surface area contributed by atoms with E-state index < -0.39 is 0 Å². The number of halogens is 1. The highest BCUT2D eigenvalue weighted by molar-refractivity contribution is 9.10. The summed E-state index contributed by atoms with van der Waals surface area (Å²) in [5.41, 5.74) is 10.1. The number of benzene rings is 1. The first kappa shape index (κ1) is 14.1. The molecule has 0 atom stereocenters. The van der Waals surface area contributed by atoms with Crippen molar-refractivity contribution in [2.75, 3.05) is 17.2 Å². The fraction of sp³-hybridized carbons (Fsp3) is 0.333. The summed E-state index contributed by atoms with van der Waals surface area (Å²) in [6.45, 7) is 4.05. The van der Waals surface area contributed by atoms with Crippen LogP contribution in [0.15, 0.2) is 33.7 Å². The third kappa shape index (κ3) is 2.44. The molecule has 1 aliphatic heterocycles. The Morgan fingerprint density at radius 3 is 3.00 bits per heavy atom. The summed E-state index contributed by atoms with van der Waals surface area (Å²) >= 11 is 3.42. The van der Waals surface area contributed by atoms with E-state index in [0.717, 1.165) is 30.9 Å². The van der Waals surface area contributed by atoms with Crippen LogP contribution in [0.1, 0.15) is 18.1 Å². The SMILES string of the molecule is CCn1ncc(N2CCc3c(N)cccc3C2)c(Br)c1=O. The van der Waals surface area contributed by atoms with Gasteiger partial charge in [-0.25, -0.2) is 4.68 Å². The molecule has 0 saturated carbocycles. The molecule has 5 nitrogen and oxygen atoms in total. The van der Waals surface area contributed by atoms with Crippen molar-refractivity contribution < 1.29 is 0 Å². The van der Waals surface area contributed by atoms with Gasteiger partial charge in [0.2, 0.25) is 0 Å². The van der Waals surface area contributed by atoms with Crippen molar-refractivity contribution in [3.8, 4) is 0 Å². The molecule has 0 aliphatic carbocycles. The van der Waals surface area contributed by atoms with Crippen LogP contribution < -0.4 is 16.2 Å². The fourth-order valence-corrected chi connectivity index (χ4v) is 3.30. The lowest BCUT2D eigenvalue weighted by Crippen LogP contribution is -2.33. The molecule has 2 aromatic rings. The van der Waals surface area contributed by atoms with Crippen LogP contribution in [0.4, 0.5) is 11.4 Å². The molecule has 1 aromatic heterocycles. The molecule has 0 saturated heterocycles. The van der Waals surface area contributed by atoms with Gasteiger partial charge in [-0.15, -0.1) is 0 Å². The molecule has 0 fully saturated rings. The Balaban J connectivity index is 1.97. The van der Waals surface area contributed by atoms with Crippen LogP contribution in [0.3, 0.4) is 0 Å². The number of hydrogen-bond acceptors (Lipinski definition) is 4. The number of nitrogen functional groups attached to an aromatic ring is 1. The van der Waals surface area contributed by atoms with Crippen molar-refractivity contribution in [1.82, 2.24) is 9.78 Å². The van der Waals surface area contributed by atoms with Crippen LogP contribution >= 0.6 is 15.9 Å². The zero-order valence-corrected chi connectivity index (χ0v) is 13.4. The van der Waals surface area contributed by atoms with Crippen molar-refractivity contribution in [1.29, 1.82) is 0 Å². The summed E-state index contributed by atoms with van der Waals surface area (Å²) in [6, 6.07) is 6.00. The molecule has 3 rings (SSSR count). The van der Waals surface area contributed by atoms with Gasteiger partial charge in [0.15, 0.2) is 0 Å². The second-order valence-corrected chi connectivity index (χ2v) is 5.91. The van der Waals surface area contributed by atoms with Crippen LogP contribution in [-0.4, -0.2) is 16.3 Å². The molecule has 1 aromatic carbocycles. The lowest BCUT2D eigenvalue weighted by atomic mass is 9.98. The molecule has 0 unspecified atom stereocenters. The van der Waals surface area contributed by atoms with Gasteiger partial charge in [0.1, 0.15) is 4.47 Å². The van der Waals surface area contributed by atoms with Crippen LogP contribution in [0.5, 0.6) is 0 Å². The predicted octanol–water partition coefficient (Wildman–Crippen LogP) is 2.17. The normalized spacial score (nSPS) is 14.1. The number of hydrogen-bond donors (Lipinski definition) is 1. The number of fused-ring (bicyclic) bond motifs is 1. The summed E-state index contributed by atoms with van der Waals surface area (Å²) in [5.74, 6) is 0. The lowest BCUT2D eigenvalue weighted by Gasteiger charge is -2.31. The van der Waals surface area contributed by atoms with E-state index in [0.29, 0.717) is 11.0 Å². The minimum atomic E-state index is -0.0895. The van der Waals surface area contributed by atoms with E-state index in [2.05, 4.69) is 32.0 Å². The fourth-order valence-electron chi connectivity index (χ4n) is 2.75. The summed E-state index contributed by atoms with van der Waals surface area (Å²) < 4.78 is 2.02. The largest absolute Gasteiger partial charge is 0.398 e. The minimum Gasteiger partial charge on any atom is -0.398 e. The number of nitrogens with zero attached hydrogens (tertiary/aromatic N) is 3. The van der Waals surface area contributed by atoms with E-state index >= 15 is 0 Å². The smallest absolute Gasteiger partial charge is 0.283 e. The molecular formula is C15H17BrN4O. The second-order valence-electron chi connectivity index (χ2n) is 5.12. The second kappa shape index (κ2) is 5.52. The number of rotatable bonds is 2. The van der Waals surface area contributed by atoms with Crippen LogP contribution in [-0.2, 0) is 19.5 Å². The zero-order chi connectivity index (χ0) is 15.0. The molecule has 2 N–H and O–H groups in total. The minimum absolute atomic E-state index is 0.0895. The van der Waals surface area contributed by atoms with Crippen molar-refractivity contribution in [2.45, 2.75) is 26.4 Å². The van der Waals surface area contributed by atoms with Gasteiger partial charge in [0.05, 0.1) is 11.9 Å². The third-order valence-electron chi connectivity index (χ3n) is 3.91. The van der Waals surface area contributed by atoms with Crippen molar-refractivity contribution in [3.63, 3.8) is 0 Å². The Kier molecular flexibility index (Phi) is 3.71. The summed E-state index contributed by atoms with van der Waals surface area (Å²) in [7, 11) is 0. The molecule has 1 aliphatic rings. The van der Waals surface area contributed by atoms with Gasteiger partial charge in [-0.1, -0.05) is 12.1 Å². The van der Waals surface area contributed by atoms with Crippen LogP contribution in [0, 0.1) is 0 Å². The van der Waals surface area contributed by atoms with Gasteiger partial charge in [-0.3, -0.25) is 4.79 Å². The van der Waals surface area contributed by atoms with Crippen molar-refractivity contribution in [3.05, 3.63) is 50.3 Å². The van der Waals surface area contributed by atoms with Gasteiger partial charge in [0.25, 0.3) is 5.56 Å². The summed E-state index contributed by atoms with van der Waals surface area (Å²) in [6.07, 6.45) is 2.64. The molecule has 0 spiro atoms. The predicted molar refractivity (Wildman–Crippen MR) is 87.5 cm³/mol. The molecule has 0 amide bonds. The summed E-state index contributed by atoms with van der Waals surface area (Å²) in [4.78, 5) is 14.3. The Morgan fingerprint density at radius 2 is 2.24 bits per heavy atom. The highest BCUT2D eigenvalue weighted by Gasteiger charge is 2.21. The highest BCUT2D eigenvalue weighted by Crippen LogP contribution is 2.30. The molecule has 110 valence electrons. The standard InChI is InChI=1S/C15H17BrN4O/c1-2-20-15(21)14(16)13(8-18-20)19-7-6-11-10(9-19)4-3-5-12(11)17/h3-5,8H,2,6-7,9,17H2,1H3. The average molecular weight is 349 g/mol. The maximum Gasteiger partial charge on any atom is 0.283 e. The van der Waals surface area contributed by atoms with E-state index in [-0.39, 0.29) is 5.56 Å². The van der Waals surface area contributed by atoms with Gasteiger partial charge in [-0.2, -0.15) is 5.10 Å². The number of anilines is 2. The molecule has 0 bridgehead atoms. The number of aromatic nitrogens is 2. The Morgan fingerprint density at radius 1 is 1.43 bits per heavy atom. The van der Waals surface area contributed by atoms with Gasteiger partial charge < -0.3 is 10.6 Å². The number of aryl methyl sites for hydroxylation is 1. The van der Waals surface area contributed by atoms with Gasteiger partial charge in [-0.05, 0) is 46.5 Å². The zero-order valence-electron chi connectivity index (χ0n) is 11.8. The highest BCUT2D eigenvalue weighted by atomic mass is 79.9. The topological polar surface area (TPSA) is 64.2 Å². The maximum absolute atomic E-state index is 12.2. The van der Waals surface area contributed by atoms with E-state index in [1.165, 1.54) is 15.8 Å². The first-order chi connectivity index (χ1) is 10.1. The molecule has 2 heterocycles. The van der Waals surface area contributed by atoms with Gasteiger partial charge >= 0.3 is 0 Å². The van der Waals surface area contributed by atoms with Crippen LogP contribution in [0.2, 0.25) is 0 Å². The first-order valence-corrected chi connectivity index (χ1v) is 7.78. The average Bonchev–Trinajstić information content (AvgIpc) is 2.50.